The van der Waals surface area contributed by atoms with Crippen LogP contribution in [-0.4, -0.2) is 41.9 Å². The van der Waals surface area contributed by atoms with E-state index in [1.807, 2.05) is 32.6 Å². The van der Waals surface area contributed by atoms with Crippen LogP contribution in [0.4, 0.5) is 4.79 Å². The highest BCUT2D eigenvalue weighted by atomic mass is 16.6. The van der Waals surface area contributed by atoms with Gasteiger partial charge in [0, 0.05) is 12.6 Å². The third kappa shape index (κ3) is 3.75. The van der Waals surface area contributed by atoms with E-state index >= 15 is 0 Å². The predicted octanol–water partition coefficient (Wildman–Crippen LogP) is 3.51. The number of hydrogen-bond donors (Lipinski definition) is 0. The zero-order valence-corrected chi connectivity index (χ0v) is 13.1. The van der Waals surface area contributed by atoms with Crippen LogP contribution in [0.3, 0.4) is 0 Å². The van der Waals surface area contributed by atoms with Crippen LogP contribution in [0.1, 0.15) is 53.4 Å². The summed E-state index contributed by atoms with van der Waals surface area (Å²) in [7, 11) is 0. The molecule has 2 bridgehead atoms. The third-order valence-electron chi connectivity index (χ3n) is 3.85. The van der Waals surface area contributed by atoms with Gasteiger partial charge in [0.2, 0.25) is 0 Å². The van der Waals surface area contributed by atoms with Crippen LogP contribution in [0.15, 0.2) is 11.6 Å². The van der Waals surface area contributed by atoms with Crippen LogP contribution < -0.4 is 0 Å². The molecule has 0 radical (unpaired) electrons. The Bertz CT molecular complexity index is 384. The number of fused-ring (bicyclic) bond motifs is 2. The van der Waals surface area contributed by atoms with Crippen molar-refractivity contribution >= 4 is 6.09 Å². The molecule has 0 aromatic heterocycles. The fourth-order valence-corrected chi connectivity index (χ4v) is 3.05. The maximum Gasteiger partial charge on any atom is 0.411 e. The average Bonchev–Trinajstić information content (AvgIpc) is 2.60. The van der Waals surface area contributed by atoms with Crippen molar-refractivity contribution in [3.05, 3.63) is 11.6 Å². The SMILES string of the molecule is CCOCCC1=CC2CCC(C1)N2C(=O)OC(C)(C)C. The van der Waals surface area contributed by atoms with Gasteiger partial charge >= 0.3 is 6.09 Å². The lowest BCUT2D eigenvalue weighted by atomic mass is 9.99. The van der Waals surface area contributed by atoms with Crippen LogP contribution in [0, 0.1) is 0 Å². The van der Waals surface area contributed by atoms with E-state index < -0.39 is 5.60 Å². The molecule has 1 saturated heterocycles. The first-order valence-electron chi connectivity index (χ1n) is 7.69. The first kappa shape index (κ1) is 15.4. The van der Waals surface area contributed by atoms with Gasteiger partial charge in [-0.05, 0) is 53.4 Å². The number of carbonyl (C=O) groups excluding carboxylic acids is 1. The molecule has 2 heterocycles. The van der Waals surface area contributed by atoms with Crippen LogP contribution in [0.5, 0.6) is 0 Å². The van der Waals surface area contributed by atoms with Gasteiger partial charge in [-0.15, -0.1) is 0 Å². The fourth-order valence-electron chi connectivity index (χ4n) is 3.05. The topological polar surface area (TPSA) is 38.8 Å². The Balaban J connectivity index is 1.96. The highest BCUT2D eigenvalue weighted by Crippen LogP contribution is 2.36. The van der Waals surface area contributed by atoms with E-state index in [4.69, 9.17) is 9.47 Å². The summed E-state index contributed by atoms with van der Waals surface area (Å²) in [6.45, 7) is 9.32. The Morgan fingerprint density at radius 2 is 2.15 bits per heavy atom. The molecule has 2 atom stereocenters. The first-order valence-corrected chi connectivity index (χ1v) is 7.69. The summed E-state index contributed by atoms with van der Waals surface area (Å²) in [5, 5.41) is 0. The van der Waals surface area contributed by atoms with Crippen molar-refractivity contribution in [2.45, 2.75) is 71.1 Å². The second-order valence-corrected chi connectivity index (χ2v) is 6.66. The molecule has 0 saturated carbocycles. The standard InChI is InChI=1S/C16H27NO3/c1-5-19-9-8-12-10-13-6-7-14(11-12)17(13)15(18)20-16(2,3)4/h10,13-14H,5-9,11H2,1-4H3. The van der Waals surface area contributed by atoms with Crippen molar-refractivity contribution in [2.75, 3.05) is 13.2 Å². The molecule has 1 fully saturated rings. The smallest absolute Gasteiger partial charge is 0.411 e. The molecule has 1 amide bonds. The zero-order chi connectivity index (χ0) is 14.8. The lowest BCUT2D eigenvalue weighted by molar-refractivity contribution is 0.0165. The monoisotopic (exact) mass is 281 g/mol. The minimum atomic E-state index is -0.421. The molecule has 20 heavy (non-hydrogen) atoms. The van der Waals surface area contributed by atoms with E-state index in [9.17, 15) is 4.79 Å². The maximum atomic E-state index is 12.3. The molecule has 0 aliphatic carbocycles. The van der Waals surface area contributed by atoms with E-state index in [1.165, 1.54) is 5.57 Å². The molecule has 4 heteroatoms. The van der Waals surface area contributed by atoms with Crippen molar-refractivity contribution in [1.29, 1.82) is 0 Å². The van der Waals surface area contributed by atoms with Crippen molar-refractivity contribution in [1.82, 2.24) is 4.90 Å². The van der Waals surface area contributed by atoms with Crippen LogP contribution in [0.2, 0.25) is 0 Å². The summed E-state index contributed by atoms with van der Waals surface area (Å²) >= 11 is 0. The van der Waals surface area contributed by atoms with E-state index in [2.05, 4.69) is 6.08 Å². The Hall–Kier alpha value is -1.03. The van der Waals surface area contributed by atoms with Gasteiger partial charge in [0.25, 0.3) is 0 Å². The zero-order valence-electron chi connectivity index (χ0n) is 13.1. The van der Waals surface area contributed by atoms with Crippen molar-refractivity contribution in [3.63, 3.8) is 0 Å². The summed E-state index contributed by atoms with van der Waals surface area (Å²) in [5.74, 6) is 0. The average molecular weight is 281 g/mol. The summed E-state index contributed by atoms with van der Waals surface area (Å²) < 4.78 is 10.9. The van der Waals surface area contributed by atoms with Crippen molar-refractivity contribution in [2.24, 2.45) is 0 Å². The Morgan fingerprint density at radius 1 is 1.40 bits per heavy atom. The molecule has 2 rings (SSSR count). The molecule has 114 valence electrons. The summed E-state index contributed by atoms with van der Waals surface area (Å²) in [6.07, 6.45) is 6.20. The number of nitrogens with zero attached hydrogens (tertiary/aromatic N) is 1. The number of hydrogen-bond acceptors (Lipinski definition) is 3. The molecule has 4 nitrogen and oxygen atoms in total. The fraction of sp³-hybridized carbons (Fsp3) is 0.812. The molecular weight excluding hydrogens is 254 g/mol. The Morgan fingerprint density at radius 3 is 2.75 bits per heavy atom. The quantitative estimate of drug-likeness (QED) is 0.584. The normalized spacial score (nSPS) is 25.6. The molecule has 2 unspecified atom stereocenters. The van der Waals surface area contributed by atoms with Gasteiger partial charge in [0.05, 0.1) is 12.6 Å². The largest absolute Gasteiger partial charge is 0.444 e. The molecular formula is C16H27NO3. The Kier molecular flexibility index (Phi) is 4.74. The van der Waals surface area contributed by atoms with Crippen molar-refractivity contribution in [3.8, 4) is 0 Å². The second kappa shape index (κ2) is 6.17. The van der Waals surface area contributed by atoms with Gasteiger partial charge in [0.15, 0.2) is 0 Å². The maximum absolute atomic E-state index is 12.3. The lowest BCUT2D eigenvalue weighted by Crippen LogP contribution is -2.45. The predicted molar refractivity (Wildman–Crippen MR) is 78.7 cm³/mol. The minimum Gasteiger partial charge on any atom is -0.444 e. The third-order valence-corrected chi connectivity index (χ3v) is 3.85. The molecule has 0 aromatic carbocycles. The highest BCUT2D eigenvalue weighted by Gasteiger charge is 2.41. The van der Waals surface area contributed by atoms with Crippen molar-refractivity contribution < 1.29 is 14.3 Å². The van der Waals surface area contributed by atoms with Gasteiger partial charge < -0.3 is 9.47 Å². The first-order chi connectivity index (χ1) is 9.40. The minimum absolute atomic E-state index is 0.162. The Labute approximate surface area is 122 Å². The van der Waals surface area contributed by atoms with E-state index in [1.54, 1.807) is 0 Å². The van der Waals surface area contributed by atoms with E-state index in [-0.39, 0.29) is 12.1 Å². The van der Waals surface area contributed by atoms with Gasteiger partial charge in [-0.2, -0.15) is 0 Å². The molecule has 0 spiro atoms. The van der Waals surface area contributed by atoms with Gasteiger partial charge in [-0.1, -0.05) is 11.6 Å². The number of ether oxygens (including phenoxy) is 2. The van der Waals surface area contributed by atoms with Crippen LogP contribution >= 0.6 is 0 Å². The molecule has 2 aliphatic rings. The number of rotatable bonds is 4. The number of amides is 1. The van der Waals surface area contributed by atoms with Gasteiger partial charge in [-0.25, -0.2) is 4.79 Å². The summed E-state index contributed by atoms with van der Waals surface area (Å²) in [6, 6.07) is 0.539. The lowest BCUT2D eigenvalue weighted by Gasteiger charge is -2.35. The van der Waals surface area contributed by atoms with Gasteiger partial charge in [0.1, 0.15) is 5.60 Å². The molecule has 2 aliphatic heterocycles. The van der Waals surface area contributed by atoms with Gasteiger partial charge in [-0.3, -0.25) is 4.90 Å². The highest BCUT2D eigenvalue weighted by molar-refractivity contribution is 5.70. The van der Waals surface area contributed by atoms with E-state index in [0.717, 1.165) is 38.9 Å². The number of carbonyl (C=O) groups is 1. The summed E-state index contributed by atoms with van der Waals surface area (Å²) in [5.41, 5.74) is 1.01. The van der Waals surface area contributed by atoms with E-state index in [0.29, 0.717) is 6.04 Å². The van der Waals surface area contributed by atoms with Crippen LogP contribution in [-0.2, 0) is 9.47 Å². The molecule has 0 aromatic rings. The second-order valence-electron chi connectivity index (χ2n) is 6.66. The van der Waals surface area contributed by atoms with Crippen LogP contribution in [0.25, 0.3) is 0 Å². The molecule has 0 N–H and O–H groups in total. The summed E-state index contributed by atoms with van der Waals surface area (Å²) in [4.78, 5) is 14.2.